The molecule has 1 fully saturated rings. The van der Waals surface area contributed by atoms with Crippen molar-refractivity contribution in [1.29, 1.82) is 5.26 Å². The summed E-state index contributed by atoms with van der Waals surface area (Å²) in [6, 6.07) is 8.88. The zero-order chi connectivity index (χ0) is 13.0. The van der Waals surface area contributed by atoms with Crippen LogP contribution < -0.4 is 10.6 Å². The number of benzene rings is 1. The van der Waals surface area contributed by atoms with Gasteiger partial charge < -0.3 is 10.6 Å². The summed E-state index contributed by atoms with van der Waals surface area (Å²) >= 11 is 0. The molecule has 2 rings (SSSR count). The fourth-order valence-corrected chi connectivity index (χ4v) is 1.99. The molecule has 1 aliphatic carbocycles. The third-order valence-electron chi connectivity index (χ3n) is 3.09. The van der Waals surface area contributed by atoms with Crippen molar-refractivity contribution < 1.29 is 4.79 Å². The molecule has 0 aliphatic heterocycles. The monoisotopic (exact) mass is 241 g/mol. The summed E-state index contributed by atoms with van der Waals surface area (Å²) in [5.41, 5.74) is 1.16. The van der Waals surface area contributed by atoms with Crippen molar-refractivity contribution in [3.8, 4) is 6.07 Å². The molecule has 0 heterocycles. The maximum Gasteiger partial charge on any atom is 0.319 e. The van der Waals surface area contributed by atoms with Crippen molar-refractivity contribution in [1.82, 2.24) is 5.32 Å². The predicted octanol–water partition coefficient (Wildman–Crippen LogP) is 2.64. The van der Waals surface area contributed by atoms with Gasteiger partial charge in [-0.15, -0.1) is 6.58 Å². The van der Waals surface area contributed by atoms with E-state index in [1.54, 1.807) is 24.3 Å². The smallest absolute Gasteiger partial charge is 0.319 e. The van der Waals surface area contributed by atoms with Crippen LogP contribution in [0.2, 0.25) is 0 Å². The van der Waals surface area contributed by atoms with Crippen molar-refractivity contribution in [3.05, 3.63) is 42.5 Å². The third kappa shape index (κ3) is 2.89. The van der Waals surface area contributed by atoms with Crippen LogP contribution in [0.4, 0.5) is 10.5 Å². The lowest BCUT2D eigenvalue weighted by Gasteiger charge is -2.33. The summed E-state index contributed by atoms with van der Waals surface area (Å²) in [6.45, 7) is 3.72. The van der Waals surface area contributed by atoms with Gasteiger partial charge in [-0.05, 0) is 37.0 Å². The quantitative estimate of drug-likeness (QED) is 0.799. The van der Waals surface area contributed by atoms with Gasteiger partial charge in [-0.25, -0.2) is 4.79 Å². The first-order valence-electron chi connectivity index (χ1n) is 5.91. The Morgan fingerprint density at radius 1 is 1.50 bits per heavy atom. The molecule has 18 heavy (non-hydrogen) atoms. The summed E-state index contributed by atoms with van der Waals surface area (Å²) in [7, 11) is 0. The van der Waals surface area contributed by atoms with Crippen molar-refractivity contribution >= 4 is 11.7 Å². The SMILES string of the molecule is C=CC1CC(NC(=O)Nc2cccc(C#N)c2)C1. The first kappa shape index (κ1) is 12.2. The third-order valence-corrected chi connectivity index (χ3v) is 3.09. The van der Waals surface area contributed by atoms with Gasteiger partial charge in [0.25, 0.3) is 0 Å². The maximum absolute atomic E-state index is 11.7. The topological polar surface area (TPSA) is 64.9 Å². The molecule has 1 aromatic rings. The van der Waals surface area contributed by atoms with Crippen LogP contribution in [0.15, 0.2) is 36.9 Å². The Hall–Kier alpha value is -2.28. The number of nitriles is 1. The van der Waals surface area contributed by atoms with Gasteiger partial charge in [-0.3, -0.25) is 0 Å². The maximum atomic E-state index is 11.7. The number of allylic oxidation sites excluding steroid dienone is 1. The molecule has 1 saturated carbocycles. The van der Waals surface area contributed by atoms with Gasteiger partial charge in [0.1, 0.15) is 0 Å². The van der Waals surface area contributed by atoms with Crippen LogP contribution in [-0.2, 0) is 0 Å². The molecule has 1 aliphatic rings. The number of amides is 2. The van der Waals surface area contributed by atoms with Gasteiger partial charge in [0.05, 0.1) is 11.6 Å². The molecule has 0 atom stereocenters. The lowest BCUT2D eigenvalue weighted by molar-refractivity contribution is 0.228. The minimum Gasteiger partial charge on any atom is -0.335 e. The standard InChI is InChI=1S/C14H15N3O/c1-2-10-6-13(7-10)17-14(18)16-12-5-3-4-11(8-12)9-15/h2-5,8,10,13H,1,6-7H2,(H2,16,17,18). The number of nitrogens with one attached hydrogen (secondary N) is 2. The number of hydrogen-bond donors (Lipinski definition) is 2. The Labute approximate surface area is 106 Å². The summed E-state index contributed by atoms with van der Waals surface area (Å²) in [4.78, 5) is 11.7. The Morgan fingerprint density at radius 3 is 2.94 bits per heavy atom. The van der Waals surface area contributed by atoms with Crippen LogP contribution >= 0.6 is 0 Å². The zero-order valence-electron chi connectivity index (χ0n) is 10.0. The van der Waals surface area contributed by atoms with E-state index in [0.29, 0.717) is 17.2 Å². The normalized spacial score (nSPS) is 21.3. The fraction of sp³-hybridized carbons (Fsp3) is 0.286. The van der Waals surface area contributed by atoms with E-state index >= 15 is 0 Å². The van der Waals surface area contributed by atoms with Crippen LogP contribution in [0.5, 0.6) is 0 Å². The molecule has 0 bridgehead atoms. The summed E-state index contributed by atoms with van der Waals surface area (Å²) in [5.74, 6) is 0.525. The van der Waals surface area contributed by atoms with Gasteiger partial charge in [-0.2, -0.15) is 5.26 Å². The van der Waals surface area contributed by atoms with E-state index in [-0.39, 0.29) is 12.1 Å². The van der Waals surface area contributed by atoms with Crippen LogP contribution in [0, 0.1) is 17.2 Å². The van der Waals surface area contributed by atoms with Crippen LogP contribution in [0.1, 0.15) is 18.4 Å². The highest BCUT2D eigenvalue weighted by Crippen LogP contribution is 2.27. The minimum atomic E-state index is -0.224. The van der Waals surface area contributed by atoms with E-state index in [9.17, 15) is 4.79 Å². The van der Waals surface area contributed by atoms with E-state index in [2.05, 4.69) is 17.2 Å². The van der Waals surface area contributed by atoms with Crippen molar-refractivity contribution in [3.63, 3.8) is 0 Å². The number of nitrogens with zero attached hydrogens (tertiary/aromatic N) is 1. The van der Waals surface area contributed by atoms with Gasteiger partial charge >= 0.3 is 6.03 Å². The lowest BCUT2D eigenvalue weighted by atomic mass is 9.80. The van der Waals surface area contributed by atoms with Crippen LogP contribution in [-0.4, -0.2) is 12.1 Å². The highest BCUT2D eigenvalue weighted by atomic mass is 16.2. The van der Waals surface area contributed by atoms with E-state index in [1.165, 1.54) is 0 Å². The largest absolute Gasteiger partial charge is 0.335 e. The van der Waals surface area contributed by atoms with Crippen molar-refractivity contribution in [2.75, 3.05) is 5.32 Å². The summed E-state index contributed by atoms with van der Waals surface area (Å²) in [5, 5.41) is 14.4. The molecule has 0 radical (unpaired) electrons. The molecule has 2 amide bonds. The first-order chi connectivity index (χ1) is 8.71. The van der Waals surface area contributed by atoms with Gasteiger partial charge in [0.2, 0.25) is 0 Å². The zero-order valence-corrected chi connectivity index (χ0v) is 10.0. The van der Waals surface area contributed by atoms with Crippen LogP contribution in [0.3, 0.4) is 0 Å². The average Bonchev–Trinajstić information content (AvgIpc) is 2.33. The molecule has 4 nitrogen and oxygen atoms in total. The Kier molecular flexibility index (Phi) is 3.63. The highest BCUT2D eigenvalue weighted by Gasteiger charge is 2.27. The predicted molar refractivity (Wildman–Crippen MR) is 70.0 cm³/mol. The molecular formula is C14H15N3O. The molecule has 4 heteroatoms. The van der Waals surface area contributed by atoms with Crippen molar-refractivity contribution in [2.45, 2.75) is 18.9 Å². The Balaban J connectivity index is 1.84. The number of urea groups is 1. The van der Waals surface area contributed by atoms with E-state index in [1.807, 2.05) is 12.1 Å². The van der Waals surface area contributed by atoms with Gasteiger partial charge in [-0.1, -0.05) is 12.1 Å². The van der Waals surface area contributed by atoms with E-state index < -0.39 is 0 Å². The molecular weight excluding hydrogens is 226 g/mol. The second-order valence-corrected chi connectivity index (χ2v) is 4.46. The first-order valence-corrected chi connectivity index (χ1v) is 5.91. The second-order valence-electron chi connectivity index (χ2n) is 4.46. The van der Waals surface area contributed by atoms with Crippen molar-refractivity contribution in [2.24, 2.45) is 5.92 Å². The number of hydrogen-bond acceptors (Lipinski definition) is 2. The molecule has 0 aromatic heterocycles. The highest BCUT2D eigenvalue weighted by molar-refractivity contribution is 5.89. The minimum absolute atomic E-state index is 0.224. The van der Waals surface area contributed by atoms with E-state index in [0.717, 1.165) is 12.8 Å². The number of carbonyl (C=O) groups is 1. The molecule has 0 saturated heterocycles. The lowest BCUT2D eigenvalue weighted by Crippen LogP contribution is -2.45. The summed E-state index contributed by atoms with van der Waals surface area (Å²) in [6.07, 6.45) is 3.83. The van der Waals surface area contributed by atoms with Gasteiger partial charge in [0.15, 0.2) is 0 Å². The molecule has 2 N–H and O–H groups in total. The van der Waals surface area contributed by atoms with Crippen LogP contribution in [0.25, 0.3) is 0 Å². The molecule has 0 unspecified atom stereocenters. The molecule has 0 spiro atoms. The number of rotatable bonds is 3. The average molecular weight is 241 g/mol. The van der Waals surface area contributed by atoms with E-state index in [4.69, 9.17) is 5.26 Å². The fourth-order valence-electron chi connectivity index (χ4n) is 1.99. The second kappa shape index (κ2) is 5.37. The summed E-state index contributed by atoms with van der Waals surface area (Å²) < 4.78 is 0. The molecule has 1 aromatic carbocycles. The Bertz CT molecular complexity index is 498. The van der Waals surface area contributed by atoms with Gasteiger partial charge in [0, 0.05) is 11.7 Å². The molecule has 92 valence electrons. The Morgan fingerprint density at radius 2 is 2.28 bits per heavy atom. The number of anilines is 1. The number of carbonyl (C=O) groups excluding carboxylic acids is 1.